The molecule has 0 atom stereocenters. The van der Waals surface area contributed by atoms with E-state index in [0.29, 0.717) is 5.92 Å². The minimum absolute atomic E-state index is 0.666. The molecule has 1 saturated carbocycles. The predicted octanol–water partition coefficient (Wildman–Crippen LogP) is 1.54. The Bertz CT molecular complexity index is 414. The molecule has 70 valence electrons. The third-order valence-electron chi connectivity index (χ3n) is 2.44. The molecule has 1 aliphatic rings. The average molecular weight is 186 g/mol. The first kappa shape index (κ1) is 7.67. The van der Waals surface area contributed by atoms with Crippen LogP contribution in [-0.2, 0) is 0 Å². The molecule has 0 radical (unpaired) electrons. The largest absolute Gasteiger partial charge is 0.289 e. The summed E-state index contributed by atoms with van der Waals surface area (Å²) in [6, 6.07) is 4.04. The van der Waals surface area contributed by atoms with Crippen LogP contribution in [0.5, 0.6) is 0 Å². The summed E-state index contributed by atoms with van der Waals surface area (Å²) in [5, 5.41) is 8.35. The summed E-state index contributed by atoms with van der Waals surface area (Å²) in [6.07, 6.45) is 7.84. The summed E-state index contributed by atoms with van der Waals surface area (Å²) in [5.41, 5.74) is 1.12. The van der Waals surface area contributed by atoms with Crippen LogP contribution in [-0.4, -0.2) is 19.7 Å². The number of aromatic nitrogens is 4. The van der Waals surface area contributed by atoms with Gasteiger partial charge in [0.1, 0.15) is 6.33 Å². The van der Waals surface area contributed by atoms with Crippen molar-refractivity contribution in [3.05, 3.63) is 36.5 Å². The average Bonchev–Trinajstić information content (AvgIpc) is 2.94. The highest BCUT2D eigenvalue weighted by molar-refractivity contribution is 5.24. The highest BCUT2D eigenvalue weighted by Gasteiger charge is 2.25. The lowest BCUT2D eigenvalue weighted by atomic mass is 10.3. The maximum atomic E-state index is 4.20. The number of hydrogen-bond acceptors (Lipinski definition) is 3. The van der Waals surface area contributed by atoms with Crippen LogP contribution < -0.4 is 0 Å². The van der Waals surface area contributed by atoms with E-state index in [2.05, 4.69) is 21.2 Å². The topological polar surface area (TPSA) is 43.6 Å². The summed E-state index contributed by atoms with van der Waals surface area (Å²) >= 11 is 0. The van der Waals surface area contributed by atoms with E-state index >= 15 is 0 Å². The summed E-state index contributed by atoms with van der Waals surface area (Å²) in [5.74, 6) is 1.49. The molecular formula is C10H10N4. The predicted molar refractivity (Wildman–Crippen MR) is 51.1 cm³/mol. The summed E-state index contributed by atoms with van der Waals surface area (Å²) < 4.78 is 1.85. The fraction of sp³-hybridized carbons (Fsp3) is 0.300. The first-order valence-corrected chi connectivity index (χ1v) is 4.75. The van der Waals surface area contributed by atoms with Crippen LogP contribution in [0.4, 0.5) is 0 Å². The van der Waals surface area contributed by atoms with Crippen molar-refractivity contribution in [1.82, 2.24) is 19.7 Å². The van der Waals surface area contributed by atoms with Crippen LogP contribution >= 0.6 is 0 Å². The molecule has 4 heteroatoms. The summed E-state index contributed by atoms with van der Waals surface area (Å²) in [6.45, 7) is 0. The molecule has 2 aromatic heterocycles. The smallest absolute Gasteiger partial charge is 0.160 e. The molecule has 4 nitrogen and oxygen atoms in total. The van der Waals surface area contributed by atoms with Gasteiger partial charge in [-0.3, -0.25) is 4.57 Å². The fourth-order valence-electron chi connectivity index (χ4n) is 1.46. The van der Waals surface area contributed by atoms with Crippen LogP contribution in [0.3, 0.4) is 0 Å². The van der Waals surface area contributed by atoms with E-state index in [4.69, 9.17) is 0 Å². The van der Waals surface area contributed by atoms with Crippen molar-refractivity contribution < 1.29 is 0 Å². The lowest BCUT2D eigenvalue weighted by Gasteiger charge is -2.00. The normalized spacial score (nSPS) is 15.7. The molecular weight excluding hydrogens is 176 g/mol. The maximum Gasteiger partial charge on any atom is 0.160 e. The standard InChI is InChI=1S/C10H10N4/c1-2-8(1)9-3-4-10(13-12-9)14-6-5-11-7-14/h3-8H,1-2H2. The highest BCUT2D eigenvalue weighted by Crippen LogP contribution is 2.38. The van der Waals surface area contributed by atoms with Gasteiger partial charge in [-0.15, -0.1) is 5.10 Å². The first-order valence-electron chi connectivity index (χ1n) is 4.75. The summed E-state index contributed by atoms with van der Waals surface area (Å²) in [7, 11) is 0. The van der Waals surface area contributed by atoms with Gasteiger partial charge in [0, 0.05) is 18.3 Å². The third-order valence-corrected chi connectivity index (χ3v) is 2.44. The lowest BCUT2D eigenvalue weighted by Crippen LogP contribution is -1.98. The van der Waals surface area contributed by atoms with Crippen LogP contribution in [0, 0.1) is 0 Å². The van der Waals surface area contributed by atoms with Crippen molar-refractivity contribution in [2.24, 2.45) is 0 Å². The lowest BCUT2D eigenvalue weighted by molar-refractivity contribution is 0.858. The van der Waals surface area contributed by atoms with E-state index in [1.54, 1.807) is 12.5 Å². The Hall–Kier alpha value is -1.71. The molecule has 1 fully saturated rings. The Morgan fingerprint density at radius 1 is 1.21 bits per heavy atom. The van der Waals surface area contributed by atoms with Gasteiger partial charge in [-0.2, -0.15) is 5.10 Å². The fourth-order valence-corrected chi connectivity index (χ4v) is 1.46. The Morgan fingerprint density at radius 3 is 2.71 bits per heavy atom. The monoisotopic (exact) mass is 186 g/mol. The molecule has 14 heavy (non-hydrogen) atoms. The first-order chi connectivity index (χ1) is 6.93. The van der Waals surface area contributed by atoms with Crippen LogP contribution in [0.1, 0.15) is 24.5 Å². The van der Waals surface area contributed by atoms with E-state index in [-0.39, 0.29) is 0 Å². The van der Waals surface area contributed by atoms with Crippen LogP contribution in [0.25, 0.3) is 5.82 Å². The molecule has 0 spiro atoms. The van der Waals surface area contributed by atoms with E-state index in [0.717, 1.165) is 11.5 Å². The van der Waals surface area contributed by atoms with Gasteiger partial charge in [0.05, 0.1) is 5.69 Å². The third kappa shape index (κ3) is 1.28. The van der Waals surface area contributed by atoms with Crippen molar-refractivity contribution in [3.8, 4) is 5.82 Å². The SMILES string of the molecule is c1cn(-c2ccc(C3CC3)nn2)cn1. The molecule has 0 saturated heterocycles. The molecule has 0 aromatic carbocycles. The molecule has 2 aromatic rings. The molecule has 3 rings (SSSR count). The Morgan fingerprint density at radius 2 is 2.14 bits per heavy atom. The van der Waals surface area contributed by atoms with Crippen molar-refractivity contribution in [2.75, 3.05) is 0 Å². The number of hydrogen-bond donors (Lipinski definition) is 0. The number of nitrogens with zero attached hydrogens (tertiary/aromatic N) is 4. The zero-order chi connectivity index (χ0) is 9.38. The quantitative estimate of drug-likeness (QED) is 0.714. The van der Waals surface area contributed by atoms with E-state index in [9.17, 15) is 0 Å². The van der Waals surface area contributed by atoms with Crippen molar-refractivity contribution in [2.45, 2.75) is 18.8 Å². The molecule has 0 amide bonds. The molecule has 2 heterocycles. The Labute approximate surface area is 81.6 Å². The zero-order valence-corrected chi connectivity index (χ0v) is 7.67. The van der Waals surface area contributed by atoms with Gasteiger partial charge in [-0.25, -0.2) is 4.98 Å². The van der Waals surface area contributed by atoms with Crippen molar-refractivity contribution >= 4 is 0 Å². The van der Waals surface area contributed by atoms with Gasteiger partial charge in [-0.05, 0) is 25.0 Å². The van der Waals surface area contributed by atoms with Crippen molar-refractivity contribution in [1.29, 1.82) is 0 Å². The van der Waals surface area contributed by atoms with E-state index in [1.165, 1.54) is 12.8 Å². The van der Waals surface area contributed by atoms with Crippen molar-refractivity contribution in [3.63, 3.8) is 0 Å². The maximum absolute atomic E-state index is 4.20. The molecule has 0 unspecified atom stereocenters. The Kier molecular flexibility index (Phi) is 1.59. The molecule has 0 aliphatic heterocycles. The minimum Gasteiger partial charge on any atom is -0.289 e. The second kappa shape index (κ2) is 2.90. The Balaban J connectivity index is 1.93. The molecule has 0 N–H and O–H groups in total. The van der Waals surface area contributed by atoms with E-state index in [1.807, 2.05) is 16.8 Å². The van der Waals surface area contributed by atoms with Gasteiger partial charge in [0.25, 0.3) is 0 Å². The van der Waals surface area contributed by atoms with Gasteiger partial charge >= 0.3 is 0 Å². The van der Waals surface area contributed by atoms with Gasteiger partial charge in [0.15, 0.2) is 5.82 Å². The second-order valence-corrected chi connectivity index (χ2v) is 3.56. The minimum atomic E-state index is 0.666. The summed E-state index contributed by atoms with van der Waals surface area (Å²) in [4.78, 5) is 3.96. The molecule has 0 bridgehead atoms. The number of imidazole rings is 1. The van der Waals surface area contributed by atoms with Gasteiger partial charge in [0.2, 0.25) is 0 Å². The van der Waals surface area contributed by atoms with Crippen LogP contribution in [0.15, 0.2) is 30.9 Å². The highest BCUT2D eigenvalue weighted by atomic mass is 15.2. The van der Waals surface area contributed by atoms with Crippen LogP contribution in [0.2, 0.25) is 0 Å². The molecule has 1 aliphatic carbocycles. The van der Waals surface area contributed by atoms with Gasteiger partial charge < -0.3 is 0 Å². The number of rotatable bonds is 2. The van der Waals surface area contributed by atoms with E-state index < -0.39 is 0 Å². The second-order valence-electron chi connectivity index (χ2n) is 3.56. The zero-order valence-electron chi connectivity index (χ0n) is 7.67. The van der Waals surface area contributed by atoms with Gasteiger partial charge in [-0.1, -0.05) is 0 Å².